The van der Waals surface area contributed by atoms with Crippen LogP contribution >= 0.6 is 22.7 Å². The van der Waals surface area contributed by atoms with E-state index in [0.717, 1.165) is 65.0 Å². The summed E-state index contributed by atoms with van der Waals surface area (Å²) in [4.78, 5) is 67.2. The molecule has 1 fully saturated rings. The lowest BCUT2D eigenvalue weighted by atomic mass is 9.85. The van der Waals surface area contributed by atoms with Crippen molar-refractivity contribution < 1.29 is 29.4 Å². The first-order valence-corrected chi connectivity index (χ1v) is 23.6. The topological polar surface area (TPSA) is 192 Å². The van der Waals surface area contributed by atoms with E-state index in [1.54, 1.807) is 34.8 Å². The minimum Gasteiger partial charge on any atom is -0.481 e. The standard InChI is InChI=1S/C50H54N8O6S2/c1-25-20-35(18-19-37(25)32-12-14-33(15-13-32)42-41-26(2)29(5)66-49(41)58-30(6)55-56-45(58)38(53-42)22-40(60)61)46(62)54-44(50(7,8)9)48(64)57-23-36(59)21-39(57)47(63)52-27(3)31-10-16-34(17-11-31)43-28(4)51-24-65-43/h10-20,24,27,36,38-39,44,59H,21-23H2,1-9H3,(H,52,63)(H,54,62)(H,60,61)/t27?,36-,38+,39+,44?/m1/s1. The van der Waals surface area contributed by atoms with E-state index in [2.05, 4.69) is 32.7 Å². The molecule has 0 spiro atoms. The van der Waals surface area contributed by atoms with Gasteiger partial charge in [-0.25, -0.2) is 4.98 Å². The van der Waals surface area contributed by atoms with Gasteiger partial charge >= 0.3 is 5.97 Å². The van der Waals surface area contributed by atoms with E-state index < -0.39 is 47.4 Å². The molecule has 14 nitrogen and oxygen atoms in total. The van der Waals surface area contributed by atoms with E-state index in [-0.39, 0.29) is 31.3 Å². The smallest absolute Gasteiger partial charge is 0.306 e. The largest absolute Gasteiger partial charge is 0.481 e. The number of aliphatic imine (C=N–C) groups is 1. The van der Waals surface area contributed by atoms with E-state index in [1.165, 1.54) is 4.90 Å². The Labute approximate surface area is 391 Å². The number of amides is 3. The van der Waals surface area contributed by atoms with Gasteiger partial charge in [-0.3, -0.25) is 28.7 Å². The first kappa shape index (κ1) is 46.2. The van der Waals surface area contributed by atoms with Gasteiger partial charge < -0.3 is 25.7 Å². The highest BCUT2D eigenvalue weighted by Crippen LogP contribution is 2.40. The zero-order valence-electron chi connectivity index (χ0n) is 38.5. The Balaban J connectivity index is 0.980. The maximum atomic E-state index is 14.4. The number of aromatic nitrogens is 4. The van der Waals surface area contributed by atoms with Crippen LogP contribution in [0.25, 0.3) is 26.6 Å². The van der Waals surface area contributed by atoms with Crippen molar-refractivity contribution in [3.8, 4) is 26.6 Å². The van der Waals surface area contributed by atoms with Crippen molar-refractivity contribution in [3.63, 3.8) is 0 Å². The van der Waals surface area contributed by atoms with Gasteiger partial charge in [0.2, 0.25) is 11.8 Å². The van der Waals surface area contributed by atoms with Gasteiger partial charge in [0, 0.05) is 34.5 Å². The van der Waals surface area contributed by atoms with Crippen LogP contribution in [0.1, 0.15) is 113 Å². The average molecular weight is 927 g/mol. The lowest BCUT2D eigenvalue weighted by molar-refractivity contribution is -0.142. The zero-order chi connectivity index (χ0) is 47.4. The number of hydrogen-bond donors (Lipinski definition) is 4. The molecule has 2 aliphatic rings. The van der Waals surface area contributed by atoms with Crippen molar-refractivity contribution in [2.45, 2.75) is 105 Å². The van der Waals surface area contributed by atoms with Crippen LogP contribution in [0.5, 0.6) is 0 Å². The predicted octanol–water partition coefficient (Wildman–Crippen LogP) is 8.01. The first-order valence-electron chi connectivity index (χ1n) is 21.9. The molecule has 16 heteroatoms. The number of nitrogens with zero attached hydrogens (tertiary/aromatic N) is 6. The molecule has 1 saturated heterocycles. The third-order valence-corrected chi connectivity index (χ3v) is 14.8. The highest BCUT2D eigenvalue weighted by molar-refractivity contribution is 7.15. The number of rotatable bonds is 11. The molecule has 2 unspecified atom stereocenters. The van der Waals surface area contributed by atoms with Gasteiger partial charge in [-0.05, 0) is 92.5 Å². The number of aliphatic hydroxyl groups excluding tert-OH is 1. The normalized spacial score (nSPS) is 17.9. The molecule has 66 heavy (non-hydrogen) atoms. The Kier molecular flexibility index (Phi) is 12.7. The Morgan fingerprint density at radius 3 is 2.21 bits per heavy atom. The minimum absolute atomic E-state index is 0.0323. The molecule has 4 N–H and O–H groups in total. The molecule has 0 saturated carbocycles. The maximum absolute atomic E-state index is 14.4. The van der Waals surface area contributed by atoms with E-state index in [9.17, 15) is 29.4 Å². The number of carboxylic acid groups (broad SMARTS) is 1. The monoisotopic (exact) mass is 926 g/mol. The van der Waals surface area contributed by atoms with E-state index in [4.69, 9.17) is 4.99 Å². The van der Waals surface area contributed by atoms with Crippen molar-refractivity contribution >= 4 is 52.1 Å². The van der Waals surface area contributed by atoms with Gasteiger partial charge in [-0.2, -0.15) is 0 Å². The number of carboxylic acids is 1. The fourth-order valence-corrected chi connectivity index (χ4v) is 10.9. The molecule has 0 radical (unpaired) electrons. The van der Waals surface area contributed by atoms with E-state index in [0.29, 0.717) is 22.9 Å². The Morgan fingerprint density at radius 2 is 1.58 bits per heavy atom. The average Bonchev–Trinajstić information content (AvgIpc) is 4.04. The number of thiazole rings is 1. The Bertz CT molecular complexity index is 2890. The number of likely N-dealkylation sites (tertiary alicyclic amines) is 1. The fraction of sp³-hybridized carbons (Fsp3) is 0.360. The summed E-state index contributed by atoms with van der Waals surface area (Å²) in [7, 11) is 0. The maximum Gasteiger partial charge on any atom is 0.306 e. The van der Waals surface area contributed by atoms with Crippen LogP contribution in [0.15, 0.2) is 77.2 Å². The lowest BCUT2D eigenvalue weighted by Gasteiger charge is -2.35. The highest BCUT2D eigenvalue weighted by Gasteiger charge is 2.45. The second kappa shape index (κ2) is 18.1. The van der Waals surface area contributed by atoms with Crippen molar-refractivity contribution in [1.82, 2.24) is 35.3 Å². The minimum atomic E-state index is -1.00. The van der Waals surface area contributed by atoms with Gasteiger partial charge in [0.05, 0.1) is 40.4 Å². The third kappa shape index (κ3) is 8.96. The van der Waals surface area contributed by atoms with Crippen molar-refractivity contribution in [1.29, 1.82) is 0 Å². The molecule has 5 atom stereocenters. The van der Waals surface area contributed by atoms with Gasteiger partial charge in [-0.15, -0.1) is 32.9 Å². The number of carbonyl (C=O) groups is 4. The molecule has 5 heterocycles. The number of thiophene rings is 1. The van der Waals surface area contributed by atoms with Crippen LogP contribution in [0.4, 0.5) is 0 Å². The third-order valence-electron chi connectivity index (χ3n) is 12.6. The molecule has 0 aliphatic carbocycles. The molecule has 3 amide bonds. The number of carbonyl (C=O) groups excluding carboxylic acids is 3. The molecule has 8 rings (SSSR count). The molecule has 6 aromatic rings. The van der Waals surface area contributed by atoms with Gasteiger partial charge in [0.1, 0.15) is 29.0 Å². The molecule has 3 aromatic heterocycles. The summed E-state index contributed by atoms with van der Waals surface area (Å²) >= 11 is 3.18. The molecule has 3 aromatic carbocycles. The SMILES string of the molecule is Cc1cc(C(=O)NC(C(=O)N2C[C@H](O)C[C@H]2C(=O)NC(C)c2ccc(-c3scnc3C)cc2)C(C)(C)C)ccc1-c1ccc(C2=N[C@@H](CC(=O)O)c3nnc(C)n3-c3sc(C)c(C)c32)cc1. The Morgan fingerprint density at radius 1 is 0.894 bits per heavy atom. The number of fused-ring (bicyclic) bond motifs is 3. The van der Waals surface area contributed by atoms with Crippen LogP contribution in [0, 0.1) is 40.0 Å². The number of aliphatic hydroxyl groups is 1. The van der Waals surface area contributed by atoms with Crippen LogP contribution in [-0.4, -0.2) is 89.0 Å². The summed E-state index contributed by atoms with van der Waals surface area (Å²) in [6, 6.07) is 18.2. The summed E-state index contributed by atoms with van der Waals surface area (Å²) in [6.45, 7) is 17.3. The van der Waals surface area contributed by atoms with E-state index >= 15 is 0 Å². The number of aryl methyl sites for hydroxylation is 4. The summed E-state index contributed by atoms with van der Waals surface area (Å²) in [6.07, 6.45) is -1.05. The van der Waals surface area contributed by atoms with Gasteiger partial charge in [0.15, 0.2) is 5.82 Å². The number of aliphatic carboxylic acids is 1. The quantitative estimate of drug-likeness (QED) is 0.0997. The van der Waals surface area contributed by atoms with Crippen LogP contribution in [-0.2, 0) is 14.4 Å². The van der Waals surface area contributed by atoms with Crippen LogP contribution in [0.2, 0.25) is 0 Å². The molecule has 2 aliphatic heterocycles. The lowest BCUT2D eigenvalue weighted by Crippen LogP contribution is -2.57. The number of β-amino-alcohol motifs (C(OH)–C–C–N with tert-alkyl or cyclic N) is 1. The van der Waals surface area contributed by atoms with E-state index in [1.807, 2.05) is 120 Å². The molecule has 0 bridgehead atoms. The highest BCUT2D eigenvalue weighted by atomic mass is 32.1. The fourth-order valence-electron chi connectivity index (χ4n) is 8.86. The second-order valence-corrected chi connectivity index (χ2v) is 20.4. The number of benzene rings is 3. The molecular weight excluding hydrogens is 873 g/mol. The second-order valence-electron chi connectivity index (χ2n) is 18.4. The summed E-state index contributed by atoms with van der Waals surface area (Å²) in [5, 5.41) is 36.2. The number of nitrogens with one attached hydrogen (secondary N) is 2. The van der Waals surface area contributed by atoms with Gasteiger partial charge in [0.25, 0.3) is 5.91 Å². The Hall–Kier alpha value is -6.36. The zero-order valence-corrected chi connectivity index (χ0v) is 40.1. The summed E-state index contributed by atoms with van der Waals surface area (Å²) < 4.78 is 1.93. The molecule has 342 valence electrons. The van der Waals surface area contributed by atoms with Crippen molar-refractivity contribution in [2.75, 3.05) is 6.54 Å². The number of hydrogen-bond acceptors (Lipinski definition) is 11. The predicted molar refractivity (Wildman–Crippen MR) is 256 cm³/mol. The summed E-state index contributed by atoms with van der Waals surface area (Å²) in [5.74, 6) is -1.08. The van der Waals surface area contributed by atoms with Crippen LogP contribution in [0.3, 0.4) is 0 Å². The van der Waals surface area contributed by atoms with Crippen molar-refractivity contribution in [3.05, 3.63) is 128 Å². The van der Waals surface area contributed by atoms with Crippen molar-refractivity contribution in [2.24, 2.45) is 10.4 Å². The first-order chi connectivity index (χ1) is 31.3. The van der Waals surface area contributed by atoms with Crippen LogP contribution < -0.4 is 10.6 Å². The summed E-state index contributed by atoms with van der Waals surface area (Å²) in [5.41, 5.74) is 10.5. The van der Waals surface area contributed by atoms with Gasteiger partial charge in [-0.1, -0.05) is 75.4 Å². The molecular formula is C50H54N8O6S2.